The summed E-state index contributed by atoms with van der Waals surface area (Å²) in [6.45, 7) is 0.404. The minimum atomic E-state index is 0.404. The van der Waals surface area contributed by atoms with Gasteiger partial charge in [-0.2, -0.15) is 10.1 Å². The van der Waals surface area contributed by atoms with Gasteiger partial charge in [0.05, 0.1) is 22.7 Å². The molecule has 3 rings (SSSR count). The summed E-state index contributed by atoms with van der Waals surface area (Å²) in [5.74, 6) is 1.71. The maximum Gasteiger partial charge on any atom is 0.248 e. The molecule has 21 heavy (non-hydrogen) atoms. The molecule has 0 aliphatic rings. The first-order valence-electron chi connectivity index (χ1n) is 6.17. The Morgan fingerprint density at radius 2 is 2.19 bits per heavy atom. The minimum Gasteiger partial charge on any atom is -0.396 e. The normalized spacial score (nSPS) is 10.9. The molecule has 0 spiro atoms. The second kappa shape index (κ2) is 6.19. The zero-order valence-electron chi connectivity index (χ0n) is 10.9. The van der Waals surface area contributed by atoms with Crippen molar-refractivity contribution < 1.29 is 4.52 Å². The van der Waals surface area contributed by atoms with E-state index in [4.69, 9.17) is 21.9 Å². The summed E-state index contributed by atoms with van der Waals surface area (Å²) in [5, 5.41) is 8.73. The van der Waals surface area contributed by atoms with Crippen molar-refractivity contribution >= 4 is 29.1 Å². The van der Waals surface area contributed by atoms with E-state index in [1.54, 1.807) is 28.8 Å². The first-order valence-corrected chi connectivity index (χ1v) is 7.54. The van der Waals surface area contributed by atoms with Gasteiger partial charge in [-0.15, -0.1) is 11.8 Å². The molecule has 0 fully saturated rings. The fourth-order valence-corrected chi connectivity index (χ4v) is 2.80. The molecule has 0 aliphatic carbocycles. The van der Waals surface area contributed by atoms with Crippen molar-refractivity contribution in [2.24, 2.45) is 0 Å². The first-order chi connectivity index (χ1) is 10.2. The summed E-state index contributed by atoms with van der Waals surface area (Å²) in [6, 6.07) is 7.65. The second-order valence-corrected chi connectivity index (χ2v) is 5.72. The lowest BCUT2D eigenvalue weighted by molar-refractivity contribution is 0.362. The Morgan fingerprint density at radius 1 is 1.33 bits per heavy atom. The quantitative estimate of drug-likeness (QED) is 0.728. The lowest BCUT2D eigenvalue weighted by Gasteiger charge is -2.00. The number of nitrogen functional groups attached to an aromatic ring is 1. The van der Waals surface area contributed by atoms with Crippen molar-refractivity contribution in [2.75, 3.05) is 5.73 Å². The molecule has 2 aromatic heterocycles. The number of aromatic nitrogens is 4. The highest BCUT2D eigenvalue weighted by molar-refractivity contribution is 7.98. The van der Waals surface area contributed by atoms with Gasteiger partial charge in [-0.3, -0.25) is 4.68 Å². The maximum absolute atomic E-state index is 6.10. The van der Waals surface area contributed by atoms with E-state index in [-0.39, 0.29) is 0 Å². The van der Waals surface area contributed by atoms with E-state index in [2.05, 4.69) is 15.2 Å². The van der Waals surface area contributed by atoms with Gasteiger partial charge in [0.15, 0.2) is 5.82 Å². The monoisotopic (exact) mass is 321 g/mol. The van der Waals surface area contributed by atoms with Crippen LogP contribution in [0.5, 0.6) is 0 Å². The summed E-state index contributed by atoms with van der Waals surface area (Å²) in [4.78, 5) is 5.31. The fraction of sp³-hybridized carbons (Fsp3) is 0.154. The topological polar surface area (TPSA) is 82.8 Å². The summed E-state index contributed by atoms with van der Waals surface area (Å²) >= 11 is 7.66. The van der Waals surface area contributed by atoms with Crippen LogP contribution in [-0.4, -0.2) is 19.9 Å². The molecular formula is C13H12ClN5OS. The number of nitrogens with two attached hydrogens (primary N) is 1. The van der Waals surface area contributed by atoms with E-state index < -0.39 is 0 Å². The maximum atomic E-state index is 6.10. The van der Waals surface area contributed by atoms with Gasteiger partial charge in [-0.1, -0.05) is 28.9 Å². The predicted octanol–water partition coefficient (Wildman–Crippen LogP) is 2.84. The van der Waals surface area contributed by atoms with E-state index in [0.29, 0.717) is 29.7 Å². The van der Waals surface area contributed by atoms with Gasteiger partial charge in [0.1, 0.15) is 6.54 Å². The number of anilines is 1. The third kappa shape index (κ3) is 3.56. The standard InChI is InChI=1S/C13H12ClN5OS/c14-10-3-1-2-4-11(10)21-8-12-17-13(20-18-12)7-19-6-9(15)5-16-19/h1-6H,7-8,15H2. The Bertz CT molecular complexity index is 742. The van der Waals surface area contributed by atoms with Crippen molar-refractivity contribution in [3.8, 4) is 0 Å². The van der Waals surface area contributed by atoms with Crippen LogP contribution < -0.4 is 5.73 Å². The fourth-order valence-electron chi connectivity index (χ4n) is 1.72. The van der Waals surface area contributed by atoms with Gasteiger partial charge >= 0.3 is 0 Å². The molecule has 2 heterocycles. The van der Waals surface area contributed by atoms with E-state index in [1.807, 2.05) is 24.3 Å². The van der Waals surface area contributed by atoms with Crippen LogP contribution in [0.2, 0.25) is 5.02 Å². The molecule has 0 atom stereocenters. The molecule has 0 radical (unpaired) electrons. The molecule has 108 valence electrons. The van der Waals surface area contributed by atoms with Crippen molar-refractivity contribution in [3.63, 3.8) is 0 Å². The molecule has 8 heteroatoms. The summed E-state index contributed by atoms with van der Waals surface area (Å²) in [6.07, 6.45) is 3.28. The van der Waals surface area contributed by atoms with E-state index >= 15 is 0 Å². The van der Waals surface area contributed by atoms with E-state index in [0.717, 1.165) is 9.92 Å². The number of hydrogen-bond acceptors (Lipinski definition) is 6. The summed E-state index contributed by atoms with van der Waals surface area (Å²) in [7, 11) is 0. The number of halogens is 1. The smallest absolute Gasteiger partial charge is 0.248 e. The average Bonchev–Trinajstić information content (AvgIpc) is 3.08. The van der Waals surface area contributed by atoms with Crippen LogP contribution in [-0.2, 0) is 12.3 Å². The van der Waals surface area contributed by atoms with Crippen LogP contribution in [0, 0.1) is 0 Å². The van der Waals surface area contributed by atoms with Crippen LogP contribution >= 0.6 is 23.4 Å². The molecular weight excluding hydrogens is 310 g/mol. The van der Waals surface area contributed by atoms with Crippen molar-refractivity contribution in [2.45, 2.75) is 17.2 Å². The van der Waals surface area contributed by atoms with Crippen LogP contribution in [0.25, 0.3) is 0 Å². The van der Waals surface area contributed by atoms with Crippen molar-refractivity contribution in [3.05, 3.63) is 53.4 Å². The van der Waals surface area contributed by atoms with Crippen LogP contribution in [0.3, 0.4) is 0 Å². The second-order valence-electron chi connectivity index (χ2n) is 4.29. The Hall–Kier alpha value is -1.99. The van der Waals surface area contributed by atoms with Gasteiger partial charge in [0.25, 0.3) is 0 Å². The van der Waals surface area contributed by atoms with Gasteiger partial charge in [-0.05, 0) is 12.1 Å². The highest BCUT2D eigenvalue weighted by atomic mass is 35.5. The average molecular weight is 322 g/mol. The zero-order chi connectivity index (χ0) is 14.7. The molecule has 0 amide bonds. The lowest BCUT2D eigenvalue weighted by atomic mass is 10.4. The third-order valence-corrected chi connectivity index (χ3v) is 4.17. The van der Waals surface area contributed by atoms with Crippen molar-refractivity contribution in [1.82, 2.24) is 19.9 Å². The number of hydrogen-bond donors (Lipinski definition) is 1. The predicted molar refractivity (Wildman–Crippen MR) is 81.1 cm³/mol. The Balaban J connectivity index is 1.61. The number of nitrogens with zero attached hydrogens (tertiary/aromatic N) is 4. The zero-order valence-corrected chi connectivity index (χ0v) is 12.5. The van der Waals surface area contributed by atoms with Gasteiger partial charge in [0, 0.05) is 11.1 Å². The number of rotatable bonds is 5. The summed E-state index contributed by atoms with van der Waals surface area (Å²) in [5.41, 5.74) is 6.20. The van der Waals surface area contributed by atoms with Crippen LogP contribution in [0.15, 0.2) is 46.1 Å². The molecule has 1 aromatic carbocycles. The highest BCUT2D eigenvalue weighted by Crippen LogP contribution is 2.28. The molecule has 0 unspecified atom stereocenters. The molecule has 0 bridgehead atoms. The molecule has 3 aromatic rings. The van der Waals surface area contributed by atoms with Crippen LogP contribution in [0.4, 0.5) is 5.69 Å². The van der Waals surface area contributed by atoms with Crippen LogP contribution in [0.1, 0.15) is 11.7 Å². The number of thioether (sulfide) groups is 1. The van der Waals surface area contributed by atoms with Gasteiger partial charge < -0.3 is 10.3 Å². The molecule has 0 aliphatic heterocycles. The largest absolute Gasteiger partial charge is 0.396 e. The Morgan fingerprint density at radius 3 is 2.95 bits per heavy atom. The van der Waals surface area contributed by atoms with Gasteiger partial charge in [-0.25, -0.2) is 0 Å². The Kier molecular flexibility index (Phi) is 4.12. The Labute approximate surface area is 130 Å². The minimum absolute atomic E-state index is 0.404. The highest BCUT2D eigenvalue weighted by Gasteiger charge is 2.09. The molecule has 0 saturated heterocycles. The SMILES string of the molecule is Nc1cnn(Cc2nc(CSc3ccccc3Cl)no2)c1. The molecule has 6 nitrogen and oxygen atoms in total. The lowest BCUT2D eigenvalue weighted by Crippen LogP contribution is -2.00. The van der Waals surface area contributed by atoms with E-state index in [9.17, 15) is 0 Å². The summed E-state index contributed by atoms with van der Waals surface area (Å²) < 4.78 is 6.83. The van der Waals surface area contributed by atoms with Crippen molar-refractivity contribution in [1.29, 1.82) is 0 Å². The third-order valence-electron chi connectivity index (χ3n) is 2.65. The van der Waals surface area contributed by atoms with Gasteiger partial charge in [0.2, 0.25) is 5.89 Å². The first kappa shape index (κ1) is 14.0. The number of benzene rings is 1. The molecule has 2 N–H and O–H groups in total. The van der Waals surface area contributed by atoms with E-state index in [1.165, 1.54) is 0 Å². The molecule has 0 saturated carbocycles.